The molecule has 0 amide bonds. The summed E-state index contributed by atoms with van der Waals surface area (Å²) in [6.45, 7) is 4.00. The van der Waals surface area contributed by atoms with Crippen LogP contribution in [0.5, 0.6) is 0 Å². The zero-order valence-electron chi connectivity index (χ0n) is 43.7. The van der Waals surface area contributed by atoms with Crippen molar-refractivity contribution in [3.8, 4) is 22.3 Å². The van der Waals surface area contributed by atoms with E-state index in [1.165, 1.54) is 82.1 Å². The minimum Gasteiger partial charge on any atom is -0.460 e. The summed E-state index contributed by atoms with van der Waals surface area (Å²) in [5.41, 5.74) is 24.6. The largest absolute Gasteiger partial charge is 0.460 e. The average molecular weight is 1010 g/mol. The molecule has 2 unspecified atom stereocenters. The number of fused-ring (bicyclic) bond motifs is 14. The Morgan fingerprint density at radius 2 is 1.31 bits per heavy atom. The zero-order chi connectivity index (χ0) is 52.2. The van der Waals surface area contributed by atoms with Crippen molar-refractivity contribution in [3.05, 3.63) is 229 Å². The van der Waals surface area contributed by atoms with Crippen LogP contribution in [-0.2, 0) is 13.5 Å². The number of aromatic nitrogens is 2. The Bertz CT molecular complexity index is 4840. The Labute approximate surface area is 450 Å². The molecule has 78 heavy (non-hydrogen) atoms. The molecule has 7 heteroatoms. The quantitative estimate of drug-likeness (QED) is 0.180. The number of anilines is 2. The Morgan fingerprint density at radius 3 is 2.17 bits per heavy atom. The van der Waals surface area contributed by atoms with Crippen LogP contribution in [0, 0.1) is 0 Å². The molecule has 0 saturated carbocycles. The number of rotatable bonds is 5. The van der Waals surface area contributed by atoms with Crippen molar-refractivity contribution in [3.63, 3.8) is 0 Å². The van der Waals surface area contributed by atoms with E-state index in [4.69, 9.17) is 19.6 Å². The predicted octanol–water partition coefficient (Wildman–Crippen LogP) is 18.2. The average Bonchev–Trinajstić information content (AvgIpc) is 4.53. The monoisotopic (exact) mass is 1010 g/mol. The summed E-state index contributed by atoms with van der Waals surface area (Å²) < 4.78 is 17.4. The first-order valence-electron chi connectivity index (χ1n) is 27.4. The summed E-state index contributed by atoms with van der Waals surface area (Å²) in [5.74, 6) is 2.05. The van der Waals surface area contributed by atoms with E-state index in [-0.39, 0.29) is 12.1 Å². The molecule has 4 aliphatic rings. The summed E-state index contributed by atoms with van der Waals surface area (Å²) in [7, 11) is 2.18. The third-order valence-electron chi connectivity index (χ3n) is 16.4. The predicted molar refractivity (Wildman–Crippen MR) is 330 cm³/mol. The van der Waals surface area contributed by atoms with Crippen LogP contribution in [0.15, 0.2) is 226 Å². The SMILES string of the molecule is CC.Cn1c2cc3c(cc2c2cc(-c4cccc5ccccc45)cc(C4=NC5C=CC=CC5=C4)c21)oc1ccccc13.Nc1c(NC2C=CC=CC2)n2c3cc4c5c(oc4cc3c3cc(-c4ccccc4)cc1c32)CCC=C5. The van der Waals surface area contributed by atoms with Gasteiger partial charge in [0.1, 0.15) is 28.3 Å². The van der Waals surface area contributed by atoms with E-state index in [9.17, 15) is 0 Å². The van der Waals surface area contributed by atoms with Gasteiger partial charge in [0.05, 0.1) is 34.0 Å². The van der Waals surface area contributed by atoms with Crippen molar-refractivity contribution >= 4 is 116 Å². The van der Waals surface area contributed by atoms with E-state index in [0.717, 1.165) is 91.7 Å². The number of aryl methyl sites for hydroxylation is 2. The van der Waals surface area contributed by atoms with Crippen LogP contribution in [-0.4, -0.2) is 26.8 Å². The van der Waals surface area contributed by atoms with Gasteiger partial charge in [0, 0.05) is 79.2 Å². The molecule has 5 aromatic heterocycles. The van der Waals surface area contributed by atoms with Gasteiger partial charge in [0.2, 0.25) is 0 Å². The highest BCUT2D eigenvalue weighted by molar-refractivity contribution is 6.26. The number of nitrogens with two attached hydrogens (primary N) is 1. The molecule has 3 aliphatic carbocycles. The number of hydrogen-bond acceptors (Lipinski definition) is 5. The second kappa shape index (κ2) is 18.0. The molecule has 17 rings (SSSR count). The number of nitrogen functional groups attached to an aromatic ring is 1. The maximum Gasteiger partial charge on any atom is 0.136 e. The first-order chi connectivity index (χ1) is 38.5. The van der Waals surface area contributed by atoms with Gasteiger partial charge in [-0.25, -0.2) is 0 Å². The molecule has 7 nitrogen and oxygen atoms in total. The molecule has 0 radical (unpaired) electrons. The summed E-state index contributed by atoms with van der Waals surface area (Å²) in [6, 6.07) is 52.6. The number of para-hydroxylation sites is 1. The molecule has 2 atom stereocenters. The first-order valence-corrected chi connectivity index (χ1v) is 27.4. The standard InChI is InChI=1S/C37H24N2O.C32H25N3O.C2H6/c1-39-34-20-29-27-13-5-7-16-35(27)40-36(29)21-28(34)30-17-24(26-14-8-11-22-9-2-4-12-25(22)26)18-31(37(30)39)33-19-23-10-3-6-15-32(23)38-33;33-30-26-16-20(19-9-3-1-4-10-19)15-25-23-18-29-24(22-13-7-8-14-28(22)36-29)17-27(23)35(31(25)26)32(30)34-21-11-5-2-6-12-21;1-2/h2-21,32H,1H3;1-7,9-11,13,15-18,21,34H,8,12,14,33H2;1-2H3. The third kappa shape index (κ3) is 7.07. The summed E-state index contributed by atoms with van der Waals surface area (Å²) >= 11 is 0. The van der Waals surface area contributed by atoms with Gasteiger partial charge < -0.3 is 24.5 Å². The Morgan fingerprint density at radius 1 is 0.564 bits per heavy atom. The summed E-state index contributed by atoms with van der Waals surface area (Å²) in [5, 5.41) is 15.6. The van der Waals surface area contributed by atoms with E-state index in [2.05, 4.69) is 222 Å². The summed E-state index contributed by atoms with van der Waals surface area (Å²) in [4.78, 5) is 5.18. The highest BCUT2D eigenvalue weighted by Gasteiger charge is 2.27. The fraction of sp³-hybridized carbons (Fsp3) is 0.113. The molecule has 0 saturated heterocycles. The maximum absolute atomic E-state index is 6.91. The van der Waals surface area contributed by atoms with Crippen molar-refractivity contribution < 1.29 is 8.83 Å². The number of allylic oxidation sites excluding steroid dienone is 6. The van der Waals surface area contributed by atoms with Crippen LogP contribution >= 0.6 is 0 Å². The van der Waals surface area contributed by atoms with E-state index in [1.54, 1.807) is 0 Å². The fourth-order valence-electron chi connectivity index (χ4n) is 12.8. The van der Waals surface area contributed by atoms with Gasteiger partial charge in [-0.15, -0.1) is 0 Å². The van der Waals surface area contributed by atoms with Crippen LogP contribution < -0.4 is 11.1 Å². The lowest BCUT2D eigenvalue weighted by Gasteiger charge is -2.17. The fourth-order valence-corrected chi connectivity index (χ4v) is 12.8. The number of hydrogen-bond donors (Lipinski definition) is 2. The van der Waals surface area contributed by atoms with Crippen LogP contribution in [0.25, 0.3) is 121 Å². The zero-order valence-corrected chi connectivity index (χ0v) is 43.7. The van der Waals surface area contributed by atoms with E-state index in [1.807, 2.05) is 26.0 Å². The van der Waals surface area contributed by atoms with Crippen molar-refractivity contribution in [2.45, 2.75) is 45.2 Å². The minimum atomic E-state index is 0.0830. The second-order valence-electron chi connectivity index (χ2n) is 20.7. The molecule has 1 aliphatic heterocycles. The Kier molecular flexibility index (Phi) is 10.6. The Balaban J connectivity index is 0.000000132. The van der Waals surface area contributed by atoms with Gasteiger partial charge in [-0.1, -0.05) is 166 Å². The van der Waals surface area contributed by atoms with Crippen LogP contribution in [0.3, 0.4) is 0 Å². The van der Waals surface area contributed by atoms with Crippen molar-refractivity contribution in [1.29, 1.82) is 0 Å². The molecule has 0 bridgehead atoms. The molecular weight excluding hydrogens is 955 g/mol. The number of benzene rings is 8. The molecule has 6 heterocycles. The van der Waals surface area contributed by atoms with Gasteiger partial charge in [-0.2, -0.15) is 0 Å². The van der Waals surface area contributed by atoms with Crippen LogP contribution in [0.2, 0.25) is 0 Å². The second-order valence-corrected chi connectivity index (χ2v) is 20.7. The van der Waals surface area contributed by atoms with Crippen molar-refractivity contribution in [2.24, 2.45) is 12.0 Å². The highest BCUT2D eigenvalue weighted by Crippen LogP contribution is 2.47. The van der Waals surface area contributed by atoms with Crippen LogP contribution in [0.1, 0.15) is 43.6 Å². The Hall–Kier alpha value is -9.59. The number of nitrogens with one attached hydrogen (secondary N) is 1. The number of aliphatic imine (C=N–C) groups is 1. The van der Waals surface area contributed by atoms with E-state index >= 15 is 0 Å². The van der Waals surface area contributed by atoms with Gasteiger partial charge in [-0.05, 0) is 112 Å². The number of nitrogens with zero attached hydrogens (tertiary/aromatic N) is 3. The highest BCUT2D eigenvalue weighted by atomic mass is 16.3. The first kappa shape index (κ1) is 45.8. The molecule has 0 fully saturated rings. The van der Waals surface area contributed by atoms with Gasteiger partial charge in [0.15, 0.2) is 0 Å². The van der Waals surface area contributed by atoms with Gasteiger partial charge in [-0.3, -0.25) is 9.39 Å². The molecule has 3 N–H and O–H groups in total. The molecule has 376 valence electrons. The minimum absolute atomic E-state index is 0.0830. The normalized spacial score (nSPS) is 16.4. The topological polar surface area (TPSA) is 86.0 Å². The maximum atomic E-state index is 6.91. The van der Waals surface area contributed by atoms with Gasteiger partial charge in [0.25, 0.3) is 0 Å². The van der Waals surface area contributed by atoms with Crippen LogP contribution in [0.4, 0.5) is 11.5 Å². The lowest BCUT2D eigenvalue weighted by Crippen LogP contribution is -2.18. The van der Waals surface area contributed by atoms with Crippen molar-refractivity contribution in [1.82, 2.24) is 8.97 Å². The van der Waals surface area contributed by atoms with Crippen molar-refractivity contribution in [2.75, 3.05) is 11.1 Å². The third-order valence-corrected chi connectivity index (χ3v) is 16.4. The summed E-state index contributed by atoms with van der Waals surface area (Å²) in [6.07, 6.45) is 26.8. The molecule has 13 aromatic rings. The van der Waals surface area contributed by atoms with E-state index < -0.39 is 0 Å². The lowest BCUT2D eigenvalue weighted by molar-refractivity contribution is 0.546. The smallest absolute Gasteiger partial charge is 0.136 e. The molecular formula is C71H55N5O2. The molecule has 0 spiro atoms. The lowest BCUT2D eigenvalue weighted by atomic mass is 9.93. The van der Waals surface area contributed by atoms with E-state index in [0.29, 0.717) is 0 Å². The van der Waals surface area contributed by atoms with Gasteiger partial charge >= 0.3 is 0 Å². The number of furan rings is 2. The molecule has 8 aromatic carbocycles.